The molecule has 1 heterocycles. The van der Waals surface area contributed by atoms with E-state index in [0.29, 0.717) is 23.3 Å². The van der Waals surface area contributed by atoms with Gasteiger partial charge in [-0.05, 0) is 42.7 Å². The number of phenols is 1. The molecule has 8 nitrogen and oxygen atoms in total. The van der Waals surface area contributed by atoms with Crippen LogP contribution in [0.25, 0.3) is 11.5 Å². The number of hydrogen-bond acceptors (Lipinski definition) is 7. The zero-order valence-electron chi connectivity index (χ0n) is 17.8. The summed E-state index contributed by atoms with van der Waals surface area (Å²) in [6, 6.07) is 9.34. The highest BCUT2D eigenvalue weighted by molar-refractivity contribution is 5.99. The van der Waals surface area contributed by atoms with Crippen molar-refractivity contribution in [1.29, 1.82) is 0 Å². The normalized spacial score (nSPS) is 11.4. The van der Waals surface area contributed by atoms with Gasteiger partial charge >= 0.3 is 5.97 Å². The van der Waals surface area contributed by atoms with E-state index in [2.05, 4.69) is 10.2 Å². The van der Waals surface area contributed by atoms with Gasteiger partial charge in [0, 0.05) is 17.5 Å². The number of Topliss-reactive ketones (excluding diaryl/α,β-unsaturated/α-hetero) is 1. The van der Waals surface area contributed by atoms with Crippen LogP contribution in [-0.2, 0) is 6.61 Å². The number of aromatic nitrogens is 2. The average Bonchev–Trinajstić information content (AvgIpc) is 3.17. The fourth-order valence-corrected chi connectivity index (χ4v) is 2.99. The summed E-state index contributed by atoms with van der Waals surface area (Å²) in [5.74, 6) is -0.554. The minimum absolute atomic E-state index is 0.0544. The van der Waals surface area contributed by atoms with Crippen molar-refractivity contribution in [2.24, 2.45) is 5.41 Å². The minimum atomic E-state index is -1.05. The molecular formula is C23H24N2O6. The highest BCUT2D eigenvalue weighted by Crippen LogP contribution is 2.33. The van der Waals surface area contributed by atoms with Crippen molar-refractivity contribution < 1.29 is 29.0 Å². The van der Waals surface area contributed by atoms with E-state index in [0.717, 1.165) is 0 Å². The van der Waals surface area contributed by atoms with Gasteiger partial charge in [-0.15, -0.1) is 10.2 Å². The lowest BCUT2D eigenvalue weighted by Crippen LogP contribution is -2.13. The fraction of sp³-hybridized carbons (Fsp3) is 0.304. The summed E-state index contributed by atoms with van der Waals surface area (Å²) in [4.78, 5) is 23.6. The Bertz CT molecular complexity index is 1130. The summed E-state index contributed by atoms with van der Waals surface area (Å²) in [6.45, 7) is 7.49. The number of carboxylic acids is 1. The Labute approximate surface area is 179 Å². The zero-order valence-corrected chi connectivity index (χ0v) is 17.8. The summed E-state index contributed by atoms with van der Waals surface area (Å²) in [7, 11) is 0. The van der Waals surface area contributed by atoms with E-state index in [4.69, 9.17) is 14.3 Å². The molecule has 8 heteroatoms. The van der Waals surface area contributed by atoms with Crippen molar-refractivity contribution >= 4 is 11.8 Å². The first-order chi connectivity index (χ1) is 14.5. The summed E-state index contributed by atoms with van der Waals surface area (Å²) in [5.41, 5.74) is 1.10. The highest BCUT2D eigenvalue weighted by atomic mass is 16.5. The molecule has 31 heavy (non-hydrogen) atoms. The molecule has 0 bridgehead atoms. The van der Waals surface area contributed by atoms with Gasteiger partial charge in [-0.3, -0.25) is 4.79 Å². The van der Waals surface area contributed by atoms with E-state index in [1.165, 1.54) is 12.1 Å². The van der Waals surface area contributed by atoms with E-state index in [1.54, 1.807) is 31.2 Å². The van der Waals surface area contributed by atoms with Crippen LogP contribution in [0.15, 0.2) is 40.8 Å². The second-order valence-corrected chi connectivity index (χ2v) is 8.42. The van der Waals surface area contributed by atoms with Gasteiger partial charge in [0.25, 0.3) is 5.89 Å². The van der Waals surface area contributed by atoms with Crippen molar-refractivity contribution in [1.82, 2.24) is 10.2 Å². The molecule has 3 rings (SSSR count). The summed E-state index contributed by atoms with van der Waals surface area (Å²) >= 11 is 0. The summed E-state index contributed by atoms with van der Waals surface area (Å²) in [6.07, 6.45) is 0.314. The molecule has 162 valence electrons. The van der Waals surface area contributed by atoms with Crippen LogP contribution in [0.3, 0.4) is 0 Å². The van der Waals surface area contributed by atoms with Crippen LogP contribution in [0, 0.1) is 12.3 Å². The third-order valence-corrected chi connectivity index (χ3v) is 4.55. The monoisotopic (exact) mass is 424 g/mol. The maximum atomic E-state index is 12.5. The SMILES string of the molecule is Cc1c(OCc2nnc(-c3cccc(C(=O)O)c3)o2)ccc(C(=O)CC(C)(C)C)c1O. The van der Waals surface area contributed by atoms with Crippen molar-refractivity contribution in [2.75, 3.05) is 0 Å². The molecular weight excluding hydrogens is 400 g/mol. The van der Waals surface area contributed by atoms with Crippen LogP contribution >= 0.6 is 0 Å². The number of carboxylic acid groups (broad SMARTS) is 1. The number of rotatable bonds is 7. The predicted octanol–water partition coefficient (Wildman–Crippen LogP) is 4.65. The van der Waals surface area contributed by atoms with Crippen LogP contribution in [0.4, 0.5) is 0 Å². The maximum Gasteiger partial charge on any atom is 0.335 e. The number of aromatic hydroxyl groups is 1. The van der Waals surface area contributed by atoms with Gasteiger partial charge in [-0.1, -0.05) is 26.8 Å². The lowest BCUT2D eigenvalue weighted by Gasteiger charge is -2.18. The first kappa shape index (κ1) is 22.0. The maximum absolute atomic E-state index is 12.5. The Balaban J connectivity index is 1.72. The Kier molecular flexibility index (Phi) is 6.10. The van der Waals surface area contributed by atoms with Crippen LogP contribution in [0.1, 0.15) is 59.4 Å². The van der Waals surface area contributed by atoms with Gasteiger partial charge < -0.3 is 19.4 Å². The van der Waals surface area contributed by atoms with Gasteiger partial charge in [0.05, 0.1) is 11.1 Å². The molecule has 3 aromatic rings. The largest absolute Gasteiger partial charge is 0.507 e. The number of ether oxygens (including phenoxy) is 1. The van der Waals surface area contributed by atoms with Gasteiger partial charge in [-0.2, -0.15) is 0 Å². The summed E-state index contributed by atoms with van der Waals surface area (Å²) in [5, 5.41) is 27.4. The van der Waals surface area contributed by atoms with Crippen LogP contribution in [0.2, 0.25) is 0 Å². The Morgan fingerprint density at radius 1 is 1.13 bits per heavy atom. The molecule has 0 radical (unpaired) electrons. The molecule has 2 N–H and O–H groups in total. The molecule has 0 amide bonds. The van der Waals surface area contributed by atoms with Crippen molar-refractivity contribution in [2.45, 2.75) is 40.7 Å². The molecule has 0 spiro atoms. The predicted molar refractivity (Wildman–Crippen MR) is 112 cm³/mol. The van der Waals surface area contributed by atoms with Crippen molar-refractivity contribution in [3.8, 4) is 23.0 Å². The van der Waals surface area contributed by atoms with E-state index in [9.17, 15) is 14.7 Å². The van der Waals surface area contributed by atoms with Crippen LogP contribution < -0.4 is 4.74 Å². The molecule has 0 aliphatic heterocycles. The second-order valence-electron chi connectivity index (χ2n) is 8.42. The van der Waals surface area contributed by atoms with E-state index >= 15 is 0 Å². The molecule has 0 fully saturated rings. The second kappa shape index (κ2) is 8.59. The lowest BCUT2D eigenvalue weighted by atomic mass is 9.87. The first-order valence-electron chi connectivity index (χ1n) is 9.70. The van der Waals surface area contributed by atoms with E-state index < -0.39 is 5.97 Å². The molecule has 1 aromatic heterocycles. The number of aromatic carboxylic acids is 1. The summed E-state index contributed by atoms with van der Waals surface area (Å²) < 4.78 is 11.2. The van der Waals surface area contributed by atoms with E-state index in [1.807, 2.05) is 20.8 Å². The number of hydrogen-bond donors (Lipinski definition) is 2. The van der Waals surface area contributed by atoms with Crippen molar-refractivity contribution in [3.05, 3.63) is 59.0 Å². The lowest BCUT2D eigenvalue weighted by molar-refractivity contribution is 0.0696. The molecule has 0 saturated heterocycles. The van der Waals surface area contributed by atoms with Crippen LogP contribution in [-0.4, -0.2) is 32.2 Å². The number of carbonyl (C=O) groups is 2. The van der Waals surface area contributed by atoms with Crippen LogP contribution in [0.5, 0.6) is 11.5 Å². The van der Waals surface area contributed by atoms with Gasteiger partial charge in [0.2, 0.25) is 5.89 Å². The third-order valence-electron chi connectivity index (χ3n) is 4.55. The number of ketones is 1. The minimum Gasteiger partial charge on any atom is -0.507 e. The average molecular weight is 424 g/mol. The molecule has 0 aliphatic rings. The molecule has 0 unspecified atom stereocenters. The Hall–Kier alpha value is -3.68. The molecule has 2 aromatic carbocycles. The first-order valence-corrected chi connectivity index (χ1v) is 9.70. The molecule has 0 saturated carbocycles. The number of nitrogens with zero attached hydrogens (tertiary/aromatic N) is 2. The van der Waals surface area contributed by atoms with E-state index in [-0.39, 0.29) is 46.5 Å². The highest BCUT2D eigenvalue weighted by Gasteiger charge is 2.22. The Morgan fingerprint density at radius 2 is 1.87 bits per heavy atom. The number of carbonyl (C=O) groups excluding carboxylic acids is 1. The number of benzene rings is 2. The fourth-order valence-electron chi connectivity index (χ4n) is 2.99. The Morgan fingerprint density at radius 3 is 2.55 bits per heavy atom. The topological polar surface area (TPSA) is 123 Å². The third kappa shape index (κ3) is 5.28. The van der Waals surface area contributed by atoms with Gasteiger partial charge in [-0.25, -0.2) is 4.79 Å². The van der Waals surface area contributed by atoms with Crippen molar-refractivity contribution in [3.63, 3.8) is 0 Å². The standard InChI is InChI=1S/C23H24N2O6/c1-13-18(9-8-16(20(13)27)17(26)11-23(2,3)4)30-12-19-24-25-21(31-19)14-6-5-7-15(10-14)22(28)29/h5-10,27H,11-12H2,1-4H3,(H,28,29). The van der Waals surface area contributed by atoms with Gasteiger partial charge in [0.1, 0.15) is 11.5 Å². The van der Waals surface area contributed by atoms with Gasteiger partial charge in [0.15, 0.2) is 12.4 Å². The smallest absolute Gasteiger partial charge is 0.335 e. The number of phenolic OH excluding ortho intramolecular Hbond substituents is 1. The zero-order chi connectivity index (χ0) is 22.8. The molecule has 0 atom stereocenters. The quantitative estimate of drug-likeness (QED) is 0.526. The molecule has 0 aliphatic carbocycles.